The van der Waals surface area contributed by atoms with Gasteiger partial charge in [-0.05, 0) is 32.4 Å². The van der Waals surface area contributed by atoms with Gasteiger partial charge in [0.25, 0.3) is 0 Å². The topological polar surface area (TPSA) is 35.4 Å². The average Bonchev–Trinajstić information content (AvgIpc) is 2.78. The molecule has 0 aliphatic rings. The van der Waals surface area contributed by atoms with E-state index in [1.807, 2.05) is 18.2 Å². The monoisotopic (exact) mass is 288 g/mol. The number of anilines is 1. The number of rotatable bonds is 6. The van der Waals surface area contributed by atoms with Crippen molar-refractivity contribution in [3.63, 3.8) is 0 Å². The first-order valence-corrected chi connectivity index (χ1v) is 7.21. The van der Waals surface area contributed by atoms with Gasteiger partial charge in [0.1, 0.15) is 11.5 Å². The Morgan fingerprint density at radius 2 is 1.62 bits per heavy atom. The summed E-state index contributed by atoms with van der Waals surface area (Å²) in [6.07, 6.45) is 0. The van der Waals surface area contributed by atoms with Crippen molar-refractivity contribution in [2.75, 3.05) is 19.5 Å². The molecule has 0 unspecified atom stereocenters. The molecule has 0 saturated carbocycles. The number of nitrogens with zero attached hydrogens (tertiary/aromatic N) is 1. The minimum Gasteiger partial charge on any atom is -0.497 e. The highest BCUT2D eigenvalue weighted by molar-refractivity contribution is 5.54. The molecule has 0 spiro atoms. The molecular formula is C17H24N2O2. The summed E-state index contributed by atoms with van der Waals surface area (Å²) in [7, 11) is 3.32. The first-order valence-electron chi connectivity index (χ1n) is 7.21. The maximum Gasteiger partial charge on any atom is 0.124 e. The first kappa shape index (κ1) is 15.3. The fraction of sp³-hybridized carbons (Fsp3) is 0.412. The Bertz CT molecular complexity index is 595. The number of hydrogen-bond acceptors (Lipinski definition) is 3. The van der Waals surface area contributed by atoms with E-state index >= 15 is 0 Å². The van der Waals surface area contributed by atoms with Crippen LogP contribution in [0.25, 0.3) is 0 Å². The number of ether oxygens (including phenoxy) is 2. The molecule has 0 bridgehead atoms. The lowest BCUT2D eigenvalue weighted by Crippen LogP contribution is -2.03. The highest BCUT2D eigenvalue weighted by Gasteiger charge is 2.08. The predicted octanol–water partition coefficient (Wildman–Crippen LogP) is 3.75. The Balaban J connectivity index is 2.16. The van der Waals surface area contributed by atoms with Gasteiger partial charge in [0, 0.05) is 48.4 Å². The fourth-order valence-electron chi connectivity index (χ4n) is 2.64. The Morgan fingerprint density at radius 3 is 2.10 bits per heavy atom. The summed E-state index contributed by atoms with van der Waals surface area (Å²) in [5.41, 5.74) is 4.93. The minimum absolute atomic E-state index is 0.788. The van der Waals surface area contributed by atoms with Crippen LogP contribution in [-0.2, 0) is 13.1 Å². The standard InChI is InChI=1S/C17H24N2O2/c1-6-19-12(2)7-14(13(19)3)11-18-15-8-16(20-4)10-17(9-15)21-5/h7-10,18H,6,11H2,1-5H3. The summed E-state index contributed by atoms with van der Waals surface area (Å²) in [5.74, 6) is 1.58. The molecule has 4 heteroatoms. The molecule has 0 atom stereocenters. The molecule has 1 aromatic heterocycles. The minimum atomic E-state index is 0.788. The number of methoxy groups -OCH3 is 2. The summed E-state index contributed by atoms with van der Waals surface area (Å²) >= 11 is 0. The van der Waals surface area contributed by atoms with Crippen LogP contribution in [0.4, 0.5) is 5.69 Å². The smallest absolute Gasteiger partial charge is 0.124 e. The van der Waals surface area contributed by atoms with Crippen molar-refractivity contribution in [2.24, 2.45) is 0 Å². The van der Waals surface area contributed by atoms with Gasteiger partial charge in [0.15, 0.2) is 0 Å². The summed E-state index contributed by atoms with van der Waals surface area (Å²) < 4.78 is 12.9. The normalized spacial score (nSPS) is 10.5. The molecule has 114 valence electrons. The third kappa shape index (κ3) is 3.32. The van der Waals surface area contributed by atoms with Gasteiger partial charge in [-0.3, -0.25) is 0 Å². The number of benzene rings is 1. The Hall–Kier alpha value is -2.10. The van der Waals surface area contributed by atoms with E-state index in [9.17, 15) is 0 Å². The summed E-state index contributed by atoms with van der Waals surface area (Å²) in [4.78, 5) is 0. The fourth-order valence-corrected chi connectivity index (χ4v) is 2.64. The van der Waals surface area contributed by atoms with E-state index in [0.29, 0.717) is 0 Å². The van der Waals surface area contributed by atoms with E-state index < -0.39 is 0 Å². The number of hydrogen-bond donors (Lipinski definition) is 1. The Labute approximate surface area is 126 Å². The molecular weight excluding hydrogens is 264 g/mol. The van der Waals surface area contributed by atoms with Crippen LogP contribution in [0.3, 0.4) is 0 Å². The van der Waals surface area contributed by atoms with Crippen molar-refractivity contribution >= 4 is 5.69 Å². The Kier molecular flexibility index (Phi) is 4.78. The van der Waals surface area contributed by atoms with Gasteiger partial charge in [0.05, 0.1) is 14.2 Å². The average molecular weight is 288 g/mol. The second-order valence-electron chi connectivity index (χ2n) is 5.10. The van der Waals surface area contributed by atoms with Crippen molar-refractivity contribution in [1.29, 1.82) is 0 Å². The van der Waals surface area contributed by atoms with Gasteiger partial charge < -0.3 is 19.4 Å². The third-order valence-corrected chi connectivity index (χ3v) is 3.83. The van der Waals surface area contributed by atoms with Crippen LogP contribution in [0, 0.1) is 13.8 Å². The number of aromatic nitrogens is 1. The lowest BCUT2D eigenvalue weighted by molar-refractivity contribution is 0.394. The SMILES string of the molecule is CCn1c(C)cc(CNc2cc(OC)cc(OC)c2)c1C. The molecule has 0 radical (unpaired) electrons. The van der Waals surface area contributed by atoms with Crippen LogP contribution in [0.1, 0.15) is 23.9 Å². The van der Waals surface area contributed by atoms with E-state index in [2.05, 4.69) is 36.7 Å². The predicted molar refractivity (Wildman–Crippen MR) is 86.5 cm³/mol. The van der Waals surface area contributed by atoms with Crippen LogP contribution in [-0.4, -0.2) is 18.8 Å². The maximum absolute atomic E-state index is 5.29. The van der Waals surface area contributed by atoms with Crippen molar-refractivity contribution in [1.82, 2.24) is 4.57 Å². The quantitative estimate of drug-likeness (QED) is 0.879. The zero-order valence-corrected chi connectivity index (χ0v) is 13.5. The molecule has 2 aromatic rings. The molecule has 1 heterocycles. The van der Waals surface area contributed by atoms with E-state index in [1.54, 1.807) is 14.2 Å². The highest BCUT2D eigenvalue weighted by atomic mass is 16.5. The van der Waals surface area contributed by atoms with Crippen molar-refractivity contribution in [2.45, 2.75) is 33.9 Å². The summed E-state index contributed by atoms with van der Waals surface area (Å²) in [6, 6.07) is 8.06. The molecule has 0 aliphatic carbocycles. The van der Waals surface area contributed by atoms with Crippen LogP contribution in [0.5, 0.6) is 11.5 Å². The zero-order chi connectivity index (χ0) is 15.4. The zero-order valence-electron chi connectivity index (χ0n) is 13.5. The molecule has 0 aliphatic heterocycles. The van der Waals surface area contributed by atoms with Crippen molar-refractivity contribution in [3.05, 3.63) is 41.2 Å². The van der Waals surface area contributed by atoms with Crippen molar-refractivity contribution in [3.8, 4) is 11.5 Å². The van der Waals surface area contributed by atoms with Gasteiger partial charge in [0.2, 0.25) is 0 Å². The first-order chi connectivity index (χ1) is 10.1. The van der Waals surface area contributed by atoms with Crippen LogP contribution >= 0.6 is 0 Å². The number of aryl methyl sites for hydroxylation is 1. The summed E-state index contributed by atoms with van der Waals surface area (Å²) in [6.45, 7) is 8.28. The van der Waals surface area contributed by atoms with Crippen LogP contribution in [0.15, 0.2) is 24.3 Å². The molecule has 21 heavy (non-hydrogen) atoms. The van der Waals surface area contributed by atoms with Crippen LogP contribution < -0.4 is 14.8 Å². The van der Waals surface area contributed by atoms with Crippen molar-refractivity contribution < 1.29 is 9.47 Å². The number of nitrogens with one attached hydrogen (secondary N) is 1. The molecule has 0 amide bonds. The van der Waals surface area contributed by atoms with Gasteiger partial charge in [-0.2, -0.15) is 0 Å². The third-order valence-electron chi connectivity index (χ3n) is 3.83. The van der Waals surface area contributed by atoms with Gasteiger partial charge >= 0.3 is 0 Å². The van der Waals surface area contributed by atoms with E-state index in [4.69, 9.17) is 9.47 Å². The van der Waals surface area contributed by atoms with Crippen LogP contribution in [0.2, 0.25) is 0 Å². The summed E-state index contributed by atoms with van der Waals surface area (Å²) in [5, 5.41) is 3.44. The van der Waals surface area contributed by atoms with Gasteiger partial charge in [-0.1, -0.05) is 0 Å². The van der Waals surface area contributed by atoms with E-state index in [0.717, 1.165) is 30.3 Å². The Morgan fingerprint density at radius 1 is 1.00 bits per heavy atom. The molecule has 0 saturated heterocycles. The molecule has 1 N–H and O–H groups in total. The lowest BCUT2D eigenvalue weighted by atomic mass is 10.2. The molecule has 1 aromatic carbocycles. The molecule has 0 fully saturated rings. The van der Waals surface area contributed by atoms with E-state index in [1.165, 1.54) is 17.0 Å². The second kappa shape index (κ2) is 6.57. The second-order valence-corrected chi connectivity index (χ2v) is 5.10. The highest BCUT2D eigenvalue weighted by Crippen LogP contribution is 2.26. The largest absolute Gasteiger partial charge is 0.497 e. The van der Waals surface area contributed by atoms with Gasteiger partial charge in [-0.15, -0.1) is 0 Å². The molecule has 4 nitrogen and oxygen atoms in total. The van der Waals surface area contributed by atoms with Gasteiger partial charge in [-0.25, -0.2) is 0 Å². The maximum atomic E-state index is 5.29. The molecule has 2 rings (SSSR count). The van der Waals surface area contributed by atoms with E-state index in [-0.39, 0.29) is 0 Å². The lowest BCUT2D eigenvalue weighted by Gasteiger charge is -2.11.